The highest BCUT2D eigenvalue weighted by molar-refractivity contribution is 6.29. The number of halogens is 4. The van der Waals surface area contributed by atoms with Crippen molar-refractivity contribution in [2.45, 2.75) is 24.6 Å². The van der Waals surface area contributed by atoms with Crippen molar-refractivity contribution < 1.29 is 18.3 Å². The number of pyridine rings is 1. The van der Waals surface area contributed by atoms with Crippen molar-refractivity contribution in [3.63, 3.8) is 0 Å². The van der Waals surface area contributed by atoms with E-state index in [1.165, 1.54) is 12.3 Å². The number of rotatable bonds is 2. The Labute approximate surface area is 156 Å². The highest BCUT2D eigenvalue weighted by atomic mass is 35.5. The largest absolute Gasteiger partial charge is 0.453 e. The zero-order valence-electron chi connectivity index (χ0n) is 13.9. The lowest BCUT2D eigenvalue weighted by Crippen LogP contribution is -2.43. The molecule has 0 bridgehead atoms. The molecule has 1 N–H and O–H groups in total. The molecule has 27 heavy (non-hydrogen) atoms. The summed E-state index contributed by atoms with van der Waals surface area (Å²) in [5.41, 5.74) is -0.383. The molecule has 0 aromatic carbocycles. The van der Waals surface area contributed by atoms with E-state index in [4.69, 9.17) is 11.6 Å². The summed E-state index contributed by atoms with van der Waals surface area (Å²) in [6.07, 6.45) is -2.35. The molecule has 1 fully saturated rings. The van der Waals surface area contributed by atoms with Gasteiger partial charge >= 0.3 is 6.18 Å². The molecule has 0 amide bonds. The maximum absolute atomic E-state index is 13.0. The second-order valence-corrected chi connectivity index (χ2v) is 6.76. The third-order valence-electron chi connectivity index (χ3n) is 4.68. The van der Waals surface area contributed by atoms with Crippen LogP contribution in [0, 0.1) is 0 Å². The van der Waals surface area contributed by atoms with Crippen LogP contribution in [0.25, 0.3) is 5.65 Å². The molecule has 0 aliphatic carbocycles. The summed E-state index contributed by atoms with van der Waals surface area (Å²) < 4.78 is 39.7. The number of piperidine rings is 1. The molecular formula is C16H14ClF3N6O. The lowest BCUT2D eigenvalue weighted by Gasteiger charge is -2.38. The van der Waals surface area contributed by atoms with Crippen molar-refractivity contribution >= 4 is 23.1 Å². The van der Waals surface area contributed by atoms with Crippen molar-refractivity contribution in [2.24, 2.45) is 0 Å². The summed E-state index contributed by atoms with van der Waals surface area (Å²) >= 11 is 5.78. The summed E-state index contributed by atoms with van der Waals surface area (Å²) in [6, 6.07) is 6.37. The Morgan fingerprint density at radius 2 is 1.81 bits per heavy atom. The Balaban J connectivity index is 1.57. The number of hydrogen-bond acceptors (Lipinski definition) is 6. The Morgan fingerprint density at radius 3 is 2.44 bits per heavy atom. The SMILES string of the molecule is OC1(c2ccc(Cl)nc2)CCN(c2ccc3nnc(C(F)(F)F)n3n2)CC1. The Bertz CT molecular complexity index is 966. The van der Waals surface area contributed by atoms with E-state index < -0.39 is 17.6 Å². The van der Waals surface area contributed by atoms with Gasteiger partial charge in [0.1, 0.15) is 11.0 Å². The van der Waals surface area contributed by atoms with E-state index in [9.17, 15) is 18.3 Å². The Morgan fingerprint density at radius 1 is 1.07 bits per heavy atom. The first kappa shape index (κ1) is 17.9. The van der Waals surface area contributed by atoms with Gasteiger partial charge in [-0.05, 0) is 31.0 Å². The van der Waals surface area contributed by atoms with Crippen molar-refractivity contribution in [3.8, 4) is 0 Å². The summed E-state index contributed by atoms with van der Waals surface area (Å²) in [5.74, 6) is -0.802. The van der Waals surface area contributed by atoms with Gasteiger partial charge in [0.25, 0.3) is 5.82 Å². The molecule has 0 unspecified atom stereocenters. The van der Waals surface area contributed by atoms with Crippen molar-refractivity contribution in [3.05, 3.63) is 47.0 Å². The van der Waals surface area contributed by atoms with Gasteiger partial charge < -0.3 is 10.0 Å². The van der Waals surface area contributed by atoms with Crippen LogP contribution in [-0.4, -0.2) is 43.0 Å². The number of nitrogens with zero attached hydrogens (tertiary/aromatic N) is 6. The summed E-state index contributed by atoms with van der Waals surface area (Å²) in [6.45, 7) is 0.836. The summed E-state index contributed by atoms with van der Waals surface area (Å²) in [7, 11) is 0. The smallest absolute Gasteiger partial charge is 0.385 e. The lowest BCUT2D eigenvalue weighted by molar-refractivity contribution is -0.146. The number of anilines is 1. The predicted molar refractivity (Wildman–Crippen MR) is 90.4 cm³/mol. The first-order valence-corrected chi connectivity index (χ1v) is 8.53. The average Bonchev–Trinajstić information content (AvgIpc) is 3.06. The van der Waals surface area contributed by atoms with E-state index in [0.29, 0.717) is 47.0 Å². The summed E-state index contributed by atoms with van der Waals surface area (Å²) in [5, 5.41) is 21.9. The van der Waals surface area contributed by atoms with E-state index in [2.05, 4.69) is 20.3 Å². The molecule has 11 heteroatoms. The molecule has 0 saturated carbocycles. The molecule has 3 aromatic heterocycles. The summed E-state index contributed by atoms with van der Waals surface area (Å²) in [4.78, 5) is 5.81. The number of aromatic nitrogens is 5. The predicted octanol–water partition coefficient (Wildman–Crippen LogP) is 2.68. The van der Waals surface area contributed by atoms with E-state index in [-0.39, 0.29) is 5.65 Å². The third kappa shape index (κ3) is 3.30. The van der Waals surface area contributed by atoms with Gasteiger partial charge in [-0.1, -0.05) is 17.7 Å². The molecule has 7 nitrogen and oxygen atoms in total. The van der Waals surface area contributed by atoms with Crippen LogP contribution >= 0.6 is 11.6 Å². The monoisotopic (exact) mass is 398 g/mol. The van der Waals surface area contributed by atoms with Crippen LogP contribution in [0.1, 0.15) is 24.2 Å². The van der Waals surface area contributed by atoms with E-state index in [0.717, 1.165) is 0 Å². The van der Waals surface area contributed by atoms with Gasteiger partial charge in [-0.3, -0.25) is 0 Å². The lowest BCUT2D eigenvalue weighted by atomic mass is 9.85. The maximum Gasteiger partial charge on any atom is 0.453 e. The average molecular weight is 399 g/mol. The number of fused-ring (bicyclic) bond motifs is 1. The highest BCUT2D eigenvalue weighted by Gasteiger charge is 2.38. The molecular weight excluding hydrogens is 385 g/mol. The molecule has 4 heterocycles. The van der Waals surface area contributed by atoms with Crippen LogP contribution in [0.5, 0.6) is 0 Å². The first-order valence-electron chi connectivity index (χ1n) is 8.15. The van der Waals surface area contributed by atoms with Gasteiger partial charge in [0, 0.05) is 24.8 Å². The minimum Gasteiger partial charge on any atom is -0.385 e. The van der Waals surface area contributed by atoms with Crippen LogP contribution in [0.15, 0.2) is 30.5 Å². The fourth-order valence-corrected chi connectivity index (χ4v) is 3.28. The minimum absolute atomic E-state index is 0.0202. The fraction of sp³-hybridized carbons (Fsp3) is 0.375. The molecule has 4 rings (SSSR count). The minimum atomic E-state index is -4.64. The van der Waals surface area contributed by atoms with Crippen molar-refractivity contribution in [2.75, 3.05) is 18.0 Å². The van der Waals surface area contributed by atoms with Gasteiger partial charge in [0.05, 0.1) is 5.60 Å². The second kappa shape index (κ2) is 6.31. The molecule has 1 aliphatic heterocycles. The Kier molecular flexibility index (Phi) is 4.19. The number of alkyl halides is 3. The molecule has 1 aliphatic rings. The van der Waals surface area contributed by atoms with Crippen LogP contribution < -0.4 is 4.90 Å². The van der Waals surface area contributed by atoms with Crippen LogP contribution in [0.4, 0.5) is 19.0 Å². The number of hydrogen-bond donors (Lipinski definition) is 1. The first-order chi connectivity index (χ1) is 12.8. The fourth-order valence-electron chi connectivity index (χ4n) is 3.17. The zero-order valence-corrected chi connectivity index (χ0v) is 14.6. The molecule has 0 spiro atoms. The molecule has 3 aromatic rings. The van der Waals surface area contributed by atoms with Gasteiger partial charge in [-0.25, -0.2) is 4.98 Å². The highest BCUT2D eigenvalue weighted by Crippen LogP contribution is 2.34. The van der Waals surface area contributed by atoms with Crippen molar-refractivity contribution in [1.82, 2.24) is 24.8 Å². The quantitative estimate of drug-likeness (QED) is 0.669. The molecule has 0 radical (unpaired) electrons. The van der Waals surface area contributed by atoms with Gasteiger partial charge in [-0.2, -0.15) is 17.7 Å². The van der Waals surface area contributed by atoms with Crippen LogP contribution in [0.2, 0.25) is 5.15 Å². The van der Waals surface area contributed by atoms with Crippen LogP contribution in [-0.2, 0) is 11.8 Å². The van der Waals surface area contributed by atoms with Crippen LogP contribution in [0.3, 0.4) is 0 Å². The second-order valence-electron chi connectivity index (χ2n) is 6.37. The topological polar surface area (TPSA) is 79.4 Å². The Hall–Kier alpha value is -2.46. The van der Waals surface area contributed by atoms with E-state index >= 15 is 0 Å². The van der Waals surface area contributed by atoms with E-state index in [1.807, 2.05) is 4.90 Å². The standard InChI is InChI=1S/C16H14ClF3N6O/c17-11-2-1-10(9-21-11)15(27)5-7-25(8-6-15)13-4-3-12-22-23-14(16(18,19)20)26(12)24-13/h1-4,9,27H,5-8H2. The van der Waals surface area contributed by atoms with Gasteiger partial charge in [0.2, 0.25) is 0 Å². The normalized spacial score (nSPS) is 17.4. The molecule has 142 valence electrons. The van der Waals surface area contributed by atoms with Crippen molar-refractivity contribution in [1.29, 1.82) is 0 Å². The van der Waals surface area contributed by atoms with E-state index in [1.54, 1.807) is 18.2 Å². The molecule has 1 saturated heterocycles. The van der Waals surface area contributed by atoms with Gasteiger partial charge in [-0.15, -0.1) is 15.3 Å². The molecule has 0 atom stereocenters. The number of aliphatic hydroxyl groups is 1. The zero-order chi connectivity index (χ0) is 19.2. The third-order valence-corrected chi connectivity index (χ3v) is 4.91. The van der Waals surface area contributed by atoms with Gasteiger partial charge in [0.15, 0.2) is 5.65 Å². The maximum atomic E-state index is 13.0.